The van der Waals surface area contributed by atoms with Crippen LogP contribution in [0.15, 0.2) is 18.2 Å². The average Bonchev–Trinajstić information content (AvgIpc) is 2.14. The lowest BCUT2D eigenvalue weighted by Crippen LogP contribution is -2.20. The Hall–Kier alpha value is 0.160. The summed E-state index contributed by atoms with van der Waals surface area (Å²) in [5, 5.41) is 12.8. The van der Waals surface area contributed by atoms with Crippen LogP contribution in [0, 0.1) is 3.57 Å². The van der Waals surface area contributed by atoms with Crippen LogP contribution in [0.5, 0.6) is 0 Å². The van der Waals surface area contributed by atoms with Crippen molar-refractivity contribution in [2.24, 2.45) is 0 Å². The molecule has 0 amide bonds. The lowest BCUT2D eigenvalue weighted by molar-refractivity contribution is 0.251. The fourth-order valence-corrected chi connectivity index (χ4v) is 1.91. The SMILES string of the molecule is CNC(CO)c1cccc(I)c1Cl. The molecular weight excluding hydrogens is 300 g/mol. The Morgan fingerprint density at radius 2 is 2.31 bits per heavy atom. The number of hydrogen-bond donors (Lipinski definition) is 2. The largest absolute Gasteiger partial charge is 0.394 e. The van der Waals surface area contributed by atoms with Crippen LogP contribution in [0.1, 0.15) is 11.6 Å². The van der Waals surface area contributed by atoms with Gasteiger partial charge in [-0.2, -0.15) is 0 Å². The van der Waals surface area contributed by atoms with Crippen LogP contribution < -0.4 is 5.32 Å². The number of likely N-dealkylation sites (N-methyl/N-ethyl adjacent to an activating group) is 1. The van der Waals surface area contributed by atoms with E-state index in [1.807, 2.05) is 18.2 Å². The standard InChI is InChI=1S/C9H11ClINO/c1-12-8(5-13)6-3-2-4-7(11)9(6)10/h2-4,8,12-13H,5H2,1H3. The van der Waals surface area contributed by atoms with Crippen molar-refractivity contribution in [3.63, 3.8) is 0 Å². The molecule has 1 aromatic rings. The smallest absolute Gasteiger partial charge is 0.0626 e. The van der Waals surface area contributed by atoms with E-state index in [0.29, 0.717) is 0 Å². The van der Waals surface area contributed by atoms with Crippen LogP contribution >= 0.6 is 34.2 Å². The van der Waals surface area contributed by atoms with Gasteiger partial charge in [0.25, 0.3) is 0 Å². The van der Waals surface area contributed by atoms with E-state index >= 15 is 0 Å². The van der Waals surface area contributed by atoms with Gasteiger partial charge >= 0.3 is 0 Å². The van der Waals surface area contributed by atoms with Crippen LogP contribution in [0.25, 0.3) is 0 Å². The fraction of sp³-hybridized carbons (Fsp3) is 0.333. The van der Waals surface area contributed by atoms with Gasteiger partial charge in [-0.1, -0.05) is 23.7 Å². The summed E-state index contributed by atoms with van der Waals surface area (Å²) >= 11 is 8.26. The summed E-state index contributed by atoms with van der Waals surface area (Å²) in [6, 6.07) is 5.71. The molecule has 0 spiro atoms. The van der Waals surface area contributed by atoms with E-state index in [1.165, 1.54) is 0 Å². The maximum absolute atomic E-state index is 9.07. The first-order valence-corrected chi connectivity index (χ1v) is 5.38. The van der Waals surface area contributed by atoms with Gasteiger partial charge in [-0.15, -0.1) is 0 Å². The van der Waals surface area contributed by atoms with Gasteiger partial charge in [-0.3, -0.25) is 0 Å². The zero-order chi connectivity index (χ0) is 9.84. The zero-order valence-electron chi connectivity index (χ0n) is 7.22. The van der Waals surface area contributed by atoms with Crippen molar-refractivity contribution in [2.75, 3.05) is 13.7 Å². The molecule has 0 radical (unpaired) electrons. The van der Waals surface area contributed by atoms with Gasteiger partial charge in [0.2, 0.25) is 0 Å². The molecular formula is C9H11ClINO. The molecule has 1 unspecified atom stereocenters. The second-order valence-electron chi connectivity index (χ2n) is 2.67. The van der Waals surface area contributed by atoms with E-state index in [2.05, 4.69) is 27.9 Å². The number of nitrogens with one attached hydrogen (secondary N) is 1. The topological polar surface area (TPSA) is 32.3 Å². The minimum Gasteiger partial charge on any atom is -0.394 e. The number of aliphatic hydroxyl groups is 1. The molecule has 0 saturated heterocycles. The molecule has 1 atom stereocenters. The molecule has 72 valence electrons. The number of aliphatic hydroxyl groups excluding tert-OH is 1. The Kier molecular flexibility index (Phi) is 4.45. The molecule has 0 aliphatic rings. The van der Waals surface area contributed by atoms with Gasteiger partial charge in [0.05, 0.1) is 17.7 Å². The number of hydrogen-bond acceptors (Lipinski definition) is 2. The summed E-state index contributed by atoms with van der Waals surface area (Å²) in [6.07, 6.45) is 0. The predicted molar refractivity (Wildman–Crippen MR) is 63.1 cm³/mol. The molecule has 0 aromatic heterocycles. The molecule has 0 fully saturated rings. The lowest BCUT2D eigenvalue weighted by Gasteiger charge is -2.15. The molecule has 0 bridgehead atoms. The van der Waals surface area contributed by atoms with E-state index in [1.54, 1.807) is 7.05 Å². The Labute approximate surface area is 96.4 Å². The molecule has 0 saturated carbocycles. The lowest BCUT2D eigenvalue weighted by atomic mass is 10.1. The highest BCUT2D eigenvalue weighted by Gasteiger charge is 2.12. The number of benzene rings is 1. The Morgan fingerprint density at radius 1 is 1.62 bits per heavy atom. The van der Waals surface area contributed by atoms with Crippen LogP contribution in [0.4, 0.5) is 0 Å². The van der Waals surface area contributed by atoms with Gasteiger partial charge in [0, 0.05) is 3.57 Å². The van der Waals surface area contributed by atoms with Crippen molar-refractivity contribution < 1.29 is 5.11 Å². The Balaban J connectivity index is 3.05. The van der Waals surface area contributed by atoms with E-state index < -0.39 is 0 Å². The first kappa shape index (κ1) is 11.2. The first-order valence-electron chi connectivity index (χ1n) is 3.92. The molecule has 13 heavy (non-hydrogen) atoms. The van der Waals surface area contributed by atoms with Gasteiger partial charge < -0.3 is 10.4 Å². The summed E-state index contributed by atoms with van der Waals surface area (Å²) in [4.78, 5) is 0. The van der Waals surface area contributed by atoms with E-state index in [-0.39, 0.29) is 12.6 Å². The quantitative estimate of drug-likeness (QED) is 0.839. The number of halogens is 2. The van der Waals surface area contributed by atoms with Gasteiger partial charge in [0.15, 0.2) is 0 Å². The van der Waals surface area contributed by atoms with E-state index in [9.17, 15) is 0 Å². The zero-order valence-corrected chi connectivity index (χ0v) is 10.1. The summed E-state index contributed by atoms with van der Waals surface area (Å²) in [7, 11) is 1.80. The third-order valence-electron chi connectivity index (χ3n) is 1.89. The second-order valence-corrected chi connectivity index (χ2v) is 4.21. The van der Waals surface area contributed by atoms with Gasteiger partial charge in [-0.05, 0) is 41.3 Å². The Bertz CT molecular complexity index is 289. The summed E-state index contributed by atoms with van der Waals surface area (Å²) in [5.74, 6) is 0. The third-order valence-corrected chi connectivity index (χ3v) is 3.53. The Morgan fingerprint density at radius 3 is 2.85 bits per heavy atom. The molecule has 1 rings (SSSR count). The van der Waals surface area contributed by atoms with Crippen molar-refractivity contribution in [3.8, 4) is 0 Å². The molecule has 4 heteroatoms. The highest BCUT2D eigenvalue weighted by Crippen LogP contribution is 2.27. The summed E-state index contributed by atoms with van der Waals surface area (Å²) in [6.45, 7) is 0.0519. The monoisotopic (exact) mass is 311 g/mol. The molecule has 0 aliphatic heterocycles. The summed E-state index contributed by atoms with van der Waals surface area (Å²) < 4.78 is 1.01. The normalized spacial score (nSPS) is 12.9. The van der Waals surface area contributed by atoms with Crippen LogP contribution in [0.3, 0.4) is 0 Å². The fourth-order valence-electron chi connectivity index (χ4n) is 1.13. The van der Waals surface area contributed by atoms with Gasteiger partial charge in [-0.25, -0.2) is 0 Å². The van der Waals surface area contributed by atoms with Crippen molar-refractivity contribution in [1.29, 1.82) is 0 Å². The molecule has 1 aromatic carbocycles. The molecule has 0 aliphatic carbocycles. The molecule has 2 nitrogen and oxygen atoms in total. The highest BCUT2D eigenvalue weighted by molar-refractivity contribution is 14.1. The number of rotatable bonds is 3. The van der Waals surface area contributed by atoms with Crippen LogP contribution in [-0.2, 0) is 0 Å². The van der Waals surface area contributed by atoms with Crippen molar-refractivity contribution in [2.45, 2.75) is 6.04 Å². The average molecular weight is 312 g/mol. The van der Waals surface area contributed by atoms with Crippen molar-refractivity contribution >= 4 is 34.2 Å². The maximum atomic E-state index is 9.07. The molecule has 0 heterocycles. The van der Waals surface area contributed by atoms with E-state index in [0.717, 1.165) is 14.2 Å². The summed E-state index contributed by atoms with van der Waals surface area (Å²) in [5.41, 5.74) is 0.943. The van der Waals surface area contributed by atoms with Crippen molar-refractivity contribution in [3.05, 3.63) is 32.4 Å². The van der Waals surface area contributed by atoms with Crippen molar-refractivity contribution in [1.82, 2.24) is 5.32 Å². The van der Waals surface area contributed by atoms with Crippen LogP contribution in [0.2, 0.25) is 5.02 Å². The van der Waals surface area contributed by atoms with E-state index in [4.69, 9.17) is 16.7 Å². The predicted octanol–water partition coefficient (Wildman–Crippen LogP) is 2.20. The first-order chi connectivity index (χ1) is 6.20. The second kappa shape index (κ2) is 5.14. The third kappa shape index (κ3) is 2.56. The highest BCUT2D eigenvalue weighted by atomic mass is 127. The molecule has 2 N–H and O–H groups in total. The maximum Gasteiger partial charge on any atom is 0.0626 e. The minimum absolute atomic E-state index is 0.0519. The van der Waals surface area contributed by atoms with Crippen LogP contribution in [-0.4, -0.2) is 18.8 Å². The minimum atomic E-state index is -0.0813. The van der Waals surface area contributed by atoms with Gasteiger partial charge in [0.1, 0.15) is 0 Å².